The molecule has 1 atom stereocenters. The fourth-order valence-corrected chi connectivity index (χ4v) is 2.75. The van der Waals surface area contributed by atoms with E-state index in [0.29, 0.717) is 5.82 Å². The van der Waals surface area contributed by atoms with Crippen LogP contribution in [0.3, 0.4) is 0 Å². The lowest BCUT2D eigenvalue weighted by molar-refractivity contribution is 0.0923. The van der Waals surface area contributed by atoms with Crippen LogP contribution in [-0.4, -0.2) is 21.4 Å². The second-order valence-electron chi connectivity index (χ2n) is 5.21. The minimum absolute atomic E-state index is 0.0953. The highest BCUT2D eigenvalue weighted by atomic mass is 16.1. The van der Waals surface area contributed by atoms with Gasteiger partial charge in [0, 0.05) is 25.5 Å². The van der Waals surface area contributed by atoms with Gasteiger partial charge < -0.3 is 9.88 Å². The molecule has 2 aromatic rings. The number of ketones is 1. The molecule has 1 aliphatic rings. The Morgan fingerprint density at radius 2 is 2.20 bits per heavy atom. The molecule has 1 aliphatic heterocycles. The number of carbonyl (C=O) groups excluding carboxylic acids is 1. The number of fused-ring (bicyclic) bond motifs is 1. The van der Waals surface area contributed by atoms with Gasteiger partial charge in [0.2, 0.25) is 5.78 Å². The third-order valence-corrected chi connectivity index (χ3v) is 3.80. The van der Waals surface area contributed by atoms with Gasteiger partial charge in [-0.2, -0.15) is 0 Å². The average Bonchev–Trinajstić information content (AvgIpc) is 2.94. The molecule has 2 heterocycles. The molecular formula is C16H19N3O. The molecule has 1 N–H and O–H groups in total. The van der Waals surface area contributed by atoms with Crippen LogP contribution in [0.1, 0.15) is 35.1 Å². The molecule has 4 nitrogen and oxygen atoms in total. The molecule has 1 aromatic heterocycles. The van der Waals surface area contributed by atoms with Crippen molar-refractivity contribution >= 4 is 5.78 Å². The van der Waals surface area contributed by atoms with Crippen LogP contribution in [0.5, 0.6) is 0 Å². The van der Waals surface area contributed by atoms with Crippen molar-refractivity contribution in [1.29, 1.82) is 0 Å². The average molecular weight is 269 g/mol. The summed E-state index contributed by atoms with van der Waals surface area (Å²) in [5.74, 6) is 0.668. The Labute approximate surface area is 118 Å². The molecule has 0 saturated carbocycles. The summed E-state index contributed by atoms with van der Waals surface area (Å²) < 4.78 is 1.95. The Morgan fingerprint density at radius 3 is 3.00 bits per heavy atom. The second-order valence-corrected chi connectivity index (χ2v) is 5.21. The second kappa shape index (κ2) is 5.59. The van der Waals surface area contributed by atoms with E-state index in [1.165, 1.54) is 11.1 Å². The van der Waals surface area contributed by atoms with E-state index in [1.54, 1.807) is 6.20 Å². The van der Waals surface area contributed by atoms with Gasteiger partial charge in [0.1, 0.15) is 0 Å². The van der Waals surface area contributed by atoms with Crippen LogP contribution < -0.4 is 5.32 Å². The lowest BCUT2D eigenvalue weighted by atomic mass is 9.93. The zero-order chi connectivity index (χ0) is 13.9. The number of rotatable bonds is 4. The van der Waals surface area contributed by atoms with E-state index < -0.39 is 0 Å². The maximum atomic E-state index is 12.6. The first-order valence-corrected chi connectivity index (χ1v) is 7.15. The number of hydrogen-bond acceptors (Lipinski definition) is 3. The molecule has 0 saturated heterocycles. The van der Waals surface area contributed by atoms with Crippen LogP contribution in [0.25, 0.3) is 0 Å². The lowest BCUT2D eigenvalue weighted by Crippen LogP contribution is -2.42. The van der Waals surface area contributed by atoms with Crippen LogP contribution >= 0.6 is 0 Å². The summed E-state index contributed by atoms with van der Waals surface area (Å²) >= 11 is 0. The zero-order valence-corrected chi connectivity index (χ0v) is 11.7. The van der Waals surface area contributed by atoms with Gasteiger partial charge in [-0.25, -0.2) is 4.98 Å². The van der Waals surface area contributed by atoms with Gasteiger partial charge in [0.25, 0.3) is 0 Å². The summed E-state index contributed by atoms with van der Waals surface area (Å²) in [5, 5.41) is 3.33. The number of imidazole rings is 1. The number of carbonyl (C=O) groups is 1. The molecule has 3 rings (SSSR count). The molecule has 0 aliphatic carbocycles. The number of Topliss-reactive ketones (excluding diaryl/α,β-unsaturated/α-hetero) is 1. The molecule has 0 fully saturated rings. The van der Waals surface area contributed by atoms with Crippen molar-refractivity contribution in [2.75, 3.05) is 0 Å². The number of aryl methyl sites for hydroxylation is 1. The summed E-state index contributed by atoms with van der Waals surface area (Å²) in [4.78, 5) is 16.9. The van der Waals surface area contributed by atoms with Crippen molar-refractivity contribution in [1.82, 2.24) is 14.9 Å². The fourth-order valence-electron chi connectivity index (χ4n) is 2.75. The maximum absolute atomic E-state index is 12.6. The highest BCUT2D eigenvalue weighted by Gasteiger charge is 2.27. The number of nitrogens with one attached hydrogen (secondary N) is 1. The van der Waals surface area contributed by atoms with E-state index in [0.717, 1.165) is 25.9 Å². The van der Waals surface area contributed by atoms with Crippen LogP contribution in [-0.2, 0) is 19.5 Å². The zero-order valence-electron chi connectivity index (χ0n) is 11.7. The number of nitrogens with zero attached hydrogens (tertiary/aromatic N) is 2. The molecular weight excluding hydrogens is 250 g/mol. The molecule has 0 bridgehead atoms. The molecule has 0 amide bonds. The number of aromatic nitrogens is 2. The molecule has 1 unspecified atom stereocenters. The standard InChI is InChI=1S/C16H19N3O/c1-2-8-19-9-7-17-16(19)15(20)14-10-12-5-3-4-6-13(12)11-18-14/h3-7,9,14,18H,2,8,10-11H2,1H3. The quantitative estimate of drug-likeness (QED) is 0.865. The molecule has 1 aromatic carbocycles. The van der Waals surface area contributed by atoms with Gasteiger partial charge in [-0.3, -0.25) is 4.79 Å². The van der Waals surface area contributed by atoms with Crippen LogP contribution in [0.2, 0.25) is 0 Å². The first kappa shape index (κ1) is 13.1. The predicted octanol–water partition coefficient (Wildman–Crippen LogP) is 2.19. The summed E-state index contributed by atoms with van der Waals surface area (Å²) in [6, 6.07) is 8.12. The SMILES string of the molecule is CCCn1ccnc1C(=O)C1Cc2ccccc2CN1. The third kappa shape index (κ3) is 2.39. The Balaban J connectivity index is 1.80. The van der Waals surface area contributed by atoms with E-state index in [1.807, 2.05) is 22.9 Å². The summed E-state index contributed by atoms with van der Waals surface area (Å²) in [6.45, 7) is 3.69. The molecule has 104 valence electrons. The maximum Gasteiger partial charge on any atom is 0.215 e. The normalized spacial score (nSPS) is 17.8. The van der Waals surface area contributed by atoms with Crippen molar-refractivity contribution in [2.24, 2.45) is 0 Å². The van der Waals surface area contributed by atoms with Gasteiger partial charge in [-0.15, -0.1) is 0 Å². The highest BCUT2D eigenvalue weighted by molar-refractivity contribution is 5.97. The largest absolute Gasteiger partial charge is 0.328 e. The molecule has 0 spiro atoms. The van der Waals surface area contributed by atoms with Gasteiger partial charge in [0.05, 0.1) is 6.04 Å². The Kier molecular flexibility index (Phi) is 3.65. The third-order valence-electron chi connectivity index (χ3n) is 3.80. The summed E-state index contributed by atoms with van der Waals surface area (Å²) in [6.07, 6.45) is 5.33. The number of benzene rings is 1. The van der Waals surface area contributed by atoms with Crippen LogP contribution in [0.15, 0.2) is 36.7 Å². The summed E-state index contributed by atoms with van der Waals surface area (Å²) in [5.41, 5.74) is 2.55. The van der Waals surface area contributed by atoms with Crippen molar-refractivity contribution < 1.29 is 4.79 Å². The monoisotopic (exact) mass is 269 g/mol. The smallest absolute Gasteiger partial charge is 0.215 e. The minimum Gasteiger partial charge on any atom is -0.328 e. The Bertz CT molecular complexity index is 618. The molecule has 20 heavy (non-hydrogen) atoms. The van der Waals surface area contributed by atoms with Gasteiger partial charge in [0.15, 0.2) is 5.82 Å². The van der Waals surface area contributed by atoms with E-state index in [4.69, 9.17) is 0 Å². The Morgan fingerprint density at radius 1 is 1.40 bits per heavy atom. The van der Waals surface area contributed by atoms with Gasteiger partial charge >= 0.3 is 0 Å². The van der Waals surface area contributed by atoms with Gasteiger partial charge in [-0.05, 0) is 24.0 Å². The highest BCUT2D eigenvalue weighted by Crippen LogP contribution is 2.18. The predicted molar refractivity (Wildman–Crippen MR) is 77.6 cm³/mol. The lowest BCUT2D eigenvalue weighted by Gasteiger charge is -2.25. The van der Waals surface area contributed by atoms with E-state index >= 15 is 0 Å². The summed E-state index contributed by atoms with van der Waals surface area (Å²) in [7, 11) is 0. The van der Waals surface area contributed by atoms with Crippen molar-refractivity contribution in [3.63, 3.8) is 0 Å². The van der Waals surface area contributed by atoms with E-state index in [-0.39, 0.29) is 11.8 Å². The molecule has 0 radical (unpaired) electrons. The topological polar surface area (TPSA) is 46.9 Å². The van der Waals surface area contributed by atoms with Crippen molar-refractivity contribution in [2.45, 2.75) is 38.9 Å². The van der Waals surface area contributed by atoms with Crippen molar-refractivity contribution in [3.05, 3.63) is 53.6 Å². The first-order valence-electron chi connectivity index (χ1n) is 7.15. The first-order chi connectivity index (χ1) is 9.79. The van der Waals surface area contributed by atoms with Gasteiger partial charge in [-0.1, -0.05) is 31.2 Å². The minimum atomic E-state index is -0.164. The molecule has 4 heteroatoms. The van der Waals surface area contributed by atoms with Crippen LogP contribution in [0, 0.1) is 0 Å². The van der Waals surface area contributed by atoms with E-state index in [2.05, 4.69) is 29.4 Å². The van der Waals surface area contributed by atoms with Crippen LogP contribution in [0.4, 0.5) is 0 Å². The van der Waals surface area contributed by atoms with Crippen molar-refractivity contribution in [3.8, 4) is 0 Å². The van der Waals surface area contributed by atoms with E-state index in [9.17, 15) is 4.79 Å². The number of hydrogen-bond donors (Lipinski definition) is 1. The fraction of sp³-hybridized carbons (Fsp3) is 0.375. The Hall–Kier alpha value is -1.94.